The first-order valence-electron chi connectivity index (χ1n) is 6.43. The third kappa shape index (κ3) is 2.07. The highest BCUT2D eigenvalue weighted by atomic mass is 16.1. The van der Waals surface area contributed by atoms with Crippen molar-refractivity contribution >= 4 is 28.8 Å². The van der Waals surface area contributed by atoms with E-state index in [4.69, 9.17) is 5.73 Å². The van der Waals surface area contributed by atoms with E-state index in [0.29, 0.717) is 12.1 Å². The number of benzene rings is 1. The minimum absolute atomic E-state index is 0.0428. The predicted molar refractivity (Wildman–Crippen MR) is 80.2 cm³/mol. The Labute approximate surface area is 117 Å². The van der Waals surface area contributed by atoms with E-state index in [0.717, 1.165) is 28.3 Å². The third-order valence-electron chi connectivity index (χ3n) is 3.58. The average molecular weight is 268 g/mol. The van der Waals surface area contributed by atoms with Gasteiger partial charge in [-0.1, -0.05) is 0 Å². The van der Waals surface area contributed by atoms with Crippen LogP contribution in [0.1, 0.15) is 11.1 Å². The van der Waals surface area contributed by atoms with E-state index in [1.165, 1.54) is 0 Å². The molecule has 5 nitrogen and oxygen atoms in total. The zero-order valence-electron chi connectivity index (χ0n) is 11.5. The normalized spacial score (nSPS) is 13.0. The monoisotopic (exact) mass is 268 g/mol. The number of amides is 1. The molecular formula is C15H16N4O. The summed E-state index contributed by atoms with van der Waals surface area (Å²) in [6.07, 6.45) is 2.10. The van der Waals surface area contributed by atoms with Crippen molar-refractivity contribution in [2.24, 2.45) is 0 Å². The lowest BCUT2D eigenvalue weighted by Gasteiger charge is -2.19. The maximum Gasteiger partial charge on any atom is 0.228 e. The van der Waals surface area contributed by atoms with Crippen molar-refractivity contribution < 1.29 is 4.79 Å². The number of hydrogen-bond acceptors (Lipinski definition) is 4. The molecule has 0 saturated heterocycles. The molecule has 3 rings (SSSR count). The maximum atomic E-state index is 11.4. The molecular weight excluding hydrogens is 252 g/mol. The molecule has 3 N–H and O–H groups in total. The number of nitrogens with zero attached hydrogens (tertiary/aromatic N) is 2. The summed E-state index contributed by atoms with van der Waals surface area (Å²) in [5, 5.41) is 2.83. The predicted octanol–water partition coefficient (Wildman–Crippen LogP) is 2.23. The fraction of sp³-hybridized carbons (Fsp3) is 0.200. The Kier molecular flexibility index (Phi) is 2.82. The van der Waals surface area contributed by atoms with E-state index in [1.807, 2.05) is 43.1 Å². The number of hydrogen-bond donors (Lipinski definition) is 2. The molecule has 0 radical (unpaired) electrons. The van der Waals surface area contributed by atoms with Gasteiger partial charge in [0.2, 0.25) is 5.91 Å². The highest BCUT2D eigenvalue weighted by molar-refractivity contribution is 5.99. The van der Waals surface area contributed by atoms with Gasteiger partial charge in [-0.3, -0.25) is 4.79 Å². The van der Waals surface area contributed by atoms with Crippen molar-refractivity contribution in [3.63, 3.8) is 0 Å². The summed E-state index contributed by atoms with van der Waals surface area (Å²) >= 11 is 0. The standard InChI is InChI=1S/C15H16N4O/c1-9-5-14(17-8-12(9)16)19(2)11-3-4-13-10(6-11)7-15(20)18-13/h3-6,8H,7,16H2,1-2H3,(H,18,20). The summed E-state index contributed by atoms with van der Waals surface area (Å²) in [5.74, 6) is 0.871. The van der Waals surface area contributed by atoms with Crippen LogP contribution in [0.5, 0.6) is 0 Å². The van der Waals surface area contributed by atoms with E-state index < -0.39 is 0 Å². The largest absolute Gasteiger partial charge is 0.397 e. The van der Waals surface area contributed by atoms with Crippen molar-refractivity contribution in [3.8, 4) is 0 Å². The van der Waals surface area contributed by atoms with Gasteiger partial charge in [-0.15, -0.1) is 0 Å². The minimum atomic E-state index is 0.0428. The van der Waals surface area contributed by atoms with E-state index >= 15 is 0 Å². The summed E-state index contributed by atoms with van der Waals surface area (Å²) in [6.45, 7) is 1.96. The molecule has 0 aliphatic carbocycles. The highest BCUT2D eigenvalue weighted by Gasteiger charge is 2.18. The van der Waals surface area contributed by atoms with E-state index in [9.17, 15) is 4.79 Å². The Bertz CT molecular complexity index is 696. The van der Waals surface area contributed by atoms with Gasteiger partial charge >= 0.3 is 0 Å². The van der Waals surface area contributed by atoms with Crippen molar-refractivity contribution in [2.45, 2.75) is 13.3 Å². The Hall–Kier alpha value is -2.56. The fourth-order valence-electron chi connectivity index (χ4n) is 2.29. The van der Waals surface area contributed by atoms with Crippen LogP contribution in [0.2, 0.25) is 0 Å². The zero-order chi connectivity index (χ0) is 14.3. The molecule has 1 aliphatic heterocycles. The second-order valence-electron chi connectivity index (χ2n) is 5.02. The Morgan fingerprint density at radius 1 is 1.35 bits per heavy atom. The van der Waals surface area contributed by atoms with Crippen molar-refractivity contribution in [1.29, 1.82) is 0 Å². The third-order valence-corrected chi connectivity index (χ3v) is 3.58. The Morgan fingerprint density at radius 3 is 2.90 bits per heavy atom. The Morgan fingerprint density at radius 2 is 2.15 bits per heavy atom. The maximum absolute atomic E-state index is 11.4. The molecule has 5 heteroatoms. The molecule has 0 spiro atoms. The van der Waals surface area contributed by atoms with Crippen LogP contribution in [0.4, 0.5) is 22.9 Å². The molecule has 0 fully saturated rings. The number of carbonyl (C=O) groups excluding carboxylic acids is 1. The lowest BCUT2D eigenvalue weighted by Crippen LogP contribution is -2.12. The van der Waals surface area contributed by atoms with E-state index in [-0.39, 0.29) is 5.91 Å². The van der Waals surface area contributed by atoms with Crippen LogP contribution in [0.25, 0.3) is 0 Å². The number of aromatic nitrogens is 1. The van der Waals surface area contributed by atoms with Gasteiger partial charge in [0.15, 0.2) is 0 Å². The molecule has 1 aromatic heterocycles. The molecule has 1 aromatic carbocycles. The molecule has 20 heavy (non-hydrogen) atoms. The van der Waals surface area contributed by atoms with Crippen LogP contribution in [-0.4, -0.2) is 17.9 Å². The van der Waals surface area contributed by atoms with Gasteiger partial charge in [0.25, 0.3) is 0 Å². The van der Waals surface area contributed by atoms with Crippen LogP contribution < -0.4 is 16.0 Å². The number of nitrogens with one attached hydrogen (secondary N) is 1. The highest BCUT2D eigenvalue weighted by Crippen LogP contribution is 2.30. The number of nitrogen functional groups attached to an aromatic ring is 1. The van der Waals surface area contributed by atoms with Gasteiger partial charge in [-0.25, -0.2) is 4.98 Å². The van der Waals surface area contributed by atoms with Crippen LogP contribution in [-0.2, 0) is 11.2 Å². The van der Waals surface area contributed by atoms with Gasteiger partial charge in [-0.2, -0.15) is 0 Å². The number of rotatable bonds is 2. The second kappa shape index (κ2) is 4.52. The summed E-state index contributed by atoms with van der Waals surface area (Å²) in [6, 6.07) is 7.86. The number of fused-ring (bicyclic) bond motifs is 1. The molecule has 0 saturated carbocycles. The SMILES string of the molecule is Cc1cc(N(C)c2ccc3c(c2)CC(=O)N3)ncc1N. The summed E-state index contributed by atoms with van der Waals surface area (Å²) < 4.78 is 0. The summed E-state index contributed by atoms with van der Waals surface area (Å²) in [7, 11) is 1.95. The van der Waals surface area contributed by atoms with Gasteiger partial charge in [0, 0.05) is 18.4 Å². The first-order chi connectivity index (χ1) is 9.54. The molecule has 1 amide bonds. The zero-order valence-corrected chi connectivity index (χ0v) is 11.5. The molecule has 0 unspecified atom stereocenters. The van der Waals surface area contributed by atoms with Crippen LogP contribution in [0.3, 0.4) is 0 Å². The fourth-order valence-corrected chi connectivity index (χ4v) is 2.29. The van der Waals surface area contributed by atoms with Crippen LogP contribution in [0.15, 0.2) is 30.5 Å². The number of nitrogens with two attached hydrogens (primary N) is 1. The van der Waals surface area contributed by atoms with Crippen LogP contribution in [0, 0.1) is 6.92 Å². The van der Waals surface area contributed by atoms with Gasteiger partial charge in [0.05, 0.1) is 18.3 Å². The quantitative estimate of drug-likeness (QED) is 0.876. The first-order valence-corrected chi connectivity index (χ1v) is 6.43. The molecule has 2 heterocycles. The molecule has 2 aromatic rings. The number of anilines is 4. The number of carbonyl (C=O) groups is 1. The number of pyridine rings is 1. The summed E-state index contributed by atoms with van der Waals surface area (Å²) in [5.41, 5.74) is 10.4. The second-order valence-corrected chi connectivity index (χ2v) is 5.02. The number of aryl methyl sites for hydroxylation is 1. The Balaban J connectivity index is 1.94. The average Bonchev–Trinajstić information content (AvgIpc) is 2.80. The van der Waals surface area contributed by atoms with Gasteiger partial charge < -0.3 is 16.0 Å². The van der Waals surface area contributed by atoms with Gasteiger partial charge in [0.1, 0.15) is 5.82 Å². The van der Waals surface area contributed by atoms with Gasteiger partial charge in [-0.05, 0) is 42.3 Å². The van der Waals surface area contributed by atoms with E-state index in [1.54, 1.807) is 6.20 Å². The molecule has 102 valence electrons. The minimum Gasteiger partial charge on any atom is -0.397 e. The topological polar surface area (TPSA) is 71.2 Å². The molecule has 0 bridgehead atoms. The van der Waals surface area contributed by atoms with Crippen molar-refractivity contribution in [3.05, 3.63) is 41.6 Å². The smallest absolute Gasteiger partial charge is 0.228 e. The van der Waals surface area contributed by atoms with E-state index in [2.05, 4.69) is 10.3 Å². The van der Waals surface area contributed by atoms with Crippen molar-refractivity contribution in [1.82, 2.24) is 4.98 Å². The molecule has 0 atom stereocenters. The summed E-state index contributed by atoms with van der Waals surface area (Å²) in [4.78, 5) is 17.7. The first kappa shape index (κ1) is 12.5. The molecule has 1 aliphatic rings. The lowest BCUT2D eigenvalue weighted by atomic mass is 10.1. The lowest BCUT2D eigenvalue weighted by molar-refractivity contribution is -0.115. The van der Waals surface area contributed by atoms with Crippen LogP contribution >= 0.6 is 0 Å². The van der Waals surface area contributed by atoms with Crippen molar-refractivity contribution in [2.75, 3.05) is 23.0 Å².